The highest BCUT2D eigenvalue weighted by Crippen LogP contribution is 2.43. The summed E-state index contributed by atoms with van der Waals surface area (Å²) < 4.78 is 0. The molecule has 2 aliphatic heterocycles. The number of nitrogens with zero attached hydrogens (tertiary/aromatic N) is 4. The fourth-order valence-electron chi connectivity index (χ4n) is 3.90. The second-order valence-corrected chi connectivity index (χ2v) is 8.21. The lowest BCUT2D eigenvalue weighted by atomic mass is 10.0. The second-order valence-electron chi connectivity index (χ2n) is 7.35. The number of urea groups is 1. The van der Waals surface area contributed by atoms with Gasteiger partial charge in [0.2, 0.25) is 0 Å². The van der Waals surface area contributed by atoms with Crippen LogP contribution in [0, 0.1) is 0 Å². The number of thiazole rings is 1. The molecule has 2 amide bonds. The number of anilines is 1. The number of rotatable bonds is 3. The summed E-state index contributed by atoms with van der Waals surface area (Å²) in [6.07, 6.45) is 5.00. The third-order valence-electron chi connectivity index (χ3n) is 5.50. The molecule has 3 heterocycles. The van der Waals surface area contributed by atoms with Crippen molar-refractivity contribution in [2.75, 3.05) is 51.6 Å². The first kappa shape index (κ1) is 16.3. The number of carbonyl (C=O) groups excluding carboxylic acids is 1. The molecule has 1 aliphatic carbocycles. The lowest BCUT2D eigenvalue weighted by Crippen LogP contribution is -2.56. The van der Waals surface area contributed by atoms with E-state index in [1.165, 1.54) is 32.2 Å². The van der Waals surface area contributed by atoms with Crippen LogP contribution in [0.4, 0.5) is 9.80 Å². The smallest absolute Gasteiger partial charge is 0.322 e. The average molecular weight is 350 g/mol. The van der Waals surface area contributed by atoms with E-state index in [-0.39, 0.29) is 6.03 Å². The fourth-order valence-corrected chi connectivity index (χ4v) is 4.66. The Morgan fingerprint density at radius 3 is 2.71 bits per heavy atom. The van der Waals surface area contributed by atoms with Gasteiger partial charge >= 0.3 is 6.03 Å². The number of piperazine rings is 1. The molecule has 1 N–H and O–H groups in total. The highest BCUT2D eigenvalue weighted by Gasteiger charge is 2.31. The molecule has 0 bridgehead atoms. The first-order valence-corrected chi connectivity index (χ1v) is 10.0. The molecule has 1 saturated carbocycles. The van der Waals surface area contributed by atoms with Crippen molar-refractivity contribution in [1.82, 2.24) is 19.7 Å². The van der Waals surface area contributed by atoms with E-state index in [1.54, 1.807) is 11.3 Å². The molecule has 6 nitrogen and oxygen atoms in total. The lowest BCUT2D eigenvalue weighted by molar-refractivity contribution is 0.0718. The largest absolute Gasteiger partial charge is 0.322 e. The van der Waals surface area contributed by atoms with E-state index in [1.807, 2.05) is 10.4 Å². The monoisotopic (exact) mass is 349 g/mol. The van der Waals surface area contributed by atoms with Crippen molar-refractivity contribution in [2.24, 2.45) is 0 Å². The highest BCUT2D eigenvalue weighted by atomic mass is 32.1. The molecule has 1 unspecified atom stereocenters. The van der Waals surface area contributed by atoms with Crippen LogP contribution >= 0.6 is 11.3 Å². The van der Waals surface area contributed by atoms with Crippen LogP contribution in [-0.2, 0) is 0 Å². The molecule has 0 spiro atoms. The number of likely N-dealkylation sites (N-methyl/N-ethyl adjacent to an activating group) is 1. The van der Waals surface area contributed by atoms with Gasteiger partial charge in [-0.15, -0.1) is 11.3 Å². The minimum atomic E-state index is 0.0431. The lowest BCUT2D eigenvalue weighted by Gasteiger charge is -2.42. The topological polar surface area (TPSA) is 51.7 Å². The number of likely N-dealkylation sites (tertiary alicyclic amines) is 1. The quantitative estimate of drug-likeness (QED) is 0.909. The maximum absolute atomic E-state index is 12.6. The van der Waals surface area contributed by atoms with Crippen LogP contribution in [0.15, 0.2) is 5.51 Å². The average Bonchev–Trinajstić information content (AvgIpc) is 3.34. The van der Waals surface area contributed by atoms with Crippen LogP contribution in [0.1, 0.15) is 37.3 Å². The molecule has 2 saturated heterocycles. The van der Waals surface area contributed by atoms with Gasteiger partial charge in [0, 0.05) is 44.7 Å². The Morgan fingerprint density at radius 1 is 1.21 bits per heavy atom. The molecule has 3 aliphatic rings. The van der Waals surface area contributed by atoms with Crippen molar-refractivity contribution in [3.8, 4) is 0 Å². The first-order chi connectivity index (χ1) is 11.7. The number of amides is 2. The molecular formula is C17H27N5OS. The van der Waals surface area contributed by atoms with Crippen molar-refractivity contribution in [3.05, 3.63) is 11.2 Å². The van der Waals surface area contributed by atoms with E-state index in [9.17, 15) is 4.79 Å². The van der Waals surface area contributed by atoms with Crippen molar-refractivity contribution < 1.29 is 4.79 Å². The summed E-state index contributed by atoms with van der Waals surface area (Å²) in [6, 6.07) is 0.707. The van der Waals surface area contributed by atoms with E-state index >= 15 is 0 Å². The Kier molecular flexibility index (Phi) is 4.74. The zero-order valence-electron chi connectivity index (χ0n) is 14.4. The van der Waals surface area contributed by atoms with Crippen LogP contribution in [0.25, 0.3) is 0 Å². The maximum atomic E-state index is 12.6. The Balaban J connectivity index is 1.29. The van der Waals surface area contributed by atoms with E-state index in [2.05, 4.69) is 27.1 Å². The van der Waals surface area contributed by atoms with Crippen molar-refractivity contribution >= 4 is 22.4 Å². The van der Waals surface area contributed by atoms with E-state index in [0.29, 0.717) is 12.0 Å². The zero-order chi connectivity index (χ0) is 16.5. The van der Waals surface area contributed by atoms with Crippen molar-refractivity contribution in [1.29, 1.82) is 0 Å². The summed E-state index contributed by atoms with van der Waals surface area (Å²) in [4.78, 5) is 23.9. The van der Waals surface area contributed by atoms with Crippen molar-refractivity contribution in [2.45, 2.75) is 37.6 Å². The molecule has 7 heteroatoms. The Morgan fingerprint density at radius 2 is 2.00 bits per heavy atom. The number of aromatic nitrogens is 1. The molecular weight excluding hydrogens is 322 g/mol. The molecule has 3 fully saturated rings. The summed E-state index contributed by atoms with van der Waals surface area (Å²) in [5.74, 6) is 0.576. The predicted octanol–water partition coefficient (Wildman–Crippen LogP) is 2.26. The Labute approximate surface area is 147 Å². The summed E-state index contributed by atoms with van der Waals surface area (Å²) in [6.45, 7) is 6.01. The summed E-state index contributed by atoms with van der Waals surface area (Å²) in [5.41, 5.74) is 2.94. The van der Waals surface area contributed by atoms with Gasteiger partial charge in [-0.25, -0.2) is 9.78 Å². The number of piperidine rings is 1. The van der Waals surface area contributed by atoms with E-state index in [0.717, 1.165) is 43.4 Å². The minimum Gasteiger partial charge on any atom is -0.322 e. The molecule has 0 aromatic carbocycles. The van der Waals surface area contributed by atoms with E-state index in [4.69, 9.17) is 0 Å². The van der Waals surface area contributed by atoms with Crippen molar-refractivity contribution in [3.63, 3.8) is 0 Å². The third-order valence-corrected chi connectivity index (χ3v) is 6.25. The van der Waals surface area contributed by atoms with Crippen LogP contribution in [0.5, 0.6) is 0 Å². The van der Waals surface area contributed by atoms with Gasteiger partial charge in [-0.05, 0) is 39.3 Å². The normalized spacial score (nSPS) is 26.5. The molecule has 24 heavy (non-hydrogen) atoms. The molecule has 1 aromatic rings. The molecule has 1 aromatic heterocycles. The molecule has 0 radical (unpaired) electrons. The second kappa shape index (κ2) is 6.98. The van der Waals surface area contributed by atoms with Crippen LogP contribution in [0.3, 0.4) is 0 Å². The number of nitrogens with one attached hydrogen (secondary N) is 1. The number of hydrogen-bond acceptors (Lipinski definition) is 5. The van der Waals surface area contributed by atoms with Gasteiger partial charge < -0.3 is 9.80 Å². The van der Waals surface area contributed by atoms with Crippen LogP contribution in [-0.4, -0.2) is 78.1 Å². The summed E-state index contributed by atoms with van der Waals surface area (Å²) in [7, 11) is 2.21. The van der Waals surface area contributed by atoms with Crippen LogP contribution < -0.4 is 5.32 Å². The van der Waals surface area contributed by atoms with Gasteiger partial charge in [-0.2, -0.15) is 0 Å². The zero-order valence-corrected chi connectivity index (χ0v) is 15.2. The summed E-state index contributed by atoms with van der Waals surface area (Å²) >= 11 is 1.55. The highest BCUT2D eigenvalue weighted by molar-refractivity contribution is 7.14. The molecule has 132 valence electrons. The fraction of sp³-hybridized carbons (Fsp3) is 0.765. The van der Waals surface area contributed by atoms with Gasteiger partial charge in [0.05, 0.1) is 11.2 Å². The first-order valence-electron chi connectivity index (χ1n) is 9.12. The SMILES string of the molecule is CN1CCCC(N2CCN(C(=O)Nc3scnc3C3CC3)CC2)C1. The minimum absolute atomic E-state index is 0.0431. The molecule has 1 atom stereocenters. The number of carbonyl (C=O) groups is 1. The van der Waals surface area contributed by atoms with Crippen LogP contribution in [0.2, 0.25) is 0 Å². The molecule has 4 rings (SSSR count). The Bertz CT molecular complexity index is 579. The van der Waals surface area contributed by atoms with Gasteiger partial charge in [-0.1, -0.05) is 0 Å². The maximum Gasteiger partial charge on any atom is 0.322 e. The predicted molar refractivity (Wildman–Crippen MR) is 96.8 cm³/mol. The summed E-state index contributed by atoms with van der Waals surface area (Å²) in [5, 5.41) is 4.06. The number of hydrogen-bond donors (Lipinski definition) is 1. The van der Waals surface area contributed by atoms with Gasteiger partial charge in [0.15, 0.2) is 0 Å². The standard InChI is InChI=1S/C17H27N5OS/c1-20-6-2-3-14(11-20)21-7-9-22(10-8-21)17(23)19-16-15(13-4-5-13)18-12-24-16/h12-14H,2-11H2,1H3,(H,19,23). The van der Waals surface area contributed by atoms with E-state index < -0.39 is 0 Å². The third kappa shape index (κ3) is 3.58. The Hall–Kier alpha value is -1.18. The van der Waals surface area contributed by atoms with Gasteiger partial charge in [0.25, 0.3) is 0 Å². The van der Waals surface area contributed by atoms with Gasteiger partial charge in [0.1, 0.15) is 5.00 Å². The van der Waals surface area contributed by atoms with Gasteiger partial charge in [-0.3, -0.25) is 10.2 Å².